The van der Waals surface area contributed by atoms with E-state index in [9.17, 15) is 4.79 Å². The van der Waals surface area contributed by atoms with Crippen LogP contribution in [0.3, 0.4) is 0 Å². The van der Waals surface area contributed by atoms with Crippen molar-refractivity contribution in [2.75, 3.05) is 32.1 Å². The molecule has 0 fully saturated rings. The summed E-state index contributed by atoms with van der Waals surface area (Å²) in [5.41, 5.74) is 1.61. The molecule has 0 bridgehead atoms. The van der Waals surface area contributed by atoms with Gasteiger partial charge in [0.15, 0.2) is 0 Å². The Labute approximate surface area is 149 Å². The van der Waals surface area contributed by atoms with Crippen molar-refractivity contribution in [2.24, 2.45) is 0 Å². The molecule has 0 N–H and O–H groups in total. The van der Waals surface area contributed by atoms with Crippen LogP contribution in [0.25, 0.3) is 0 Å². The van der Waals surface area contributed by atoms with E-state index in [1.54, 1.807) is 30.4 Å². The van der Waals surface area contributed by atoms with Crippen molar-refractivity contribution in [3.8, 4) is 0 Å². The SMILES string of the molecule is CCCCN(C)c1cc(C(=O)N(C)CCc2ccncc2)nc(C)n1. The first-order chi connectivity index (χ1) is 12.0. The lowest BCUT2D eigenvalue weighted by atomic mass is 10.2. The average Bonchev–Trinajstić information content (AvgIpc) is 2.63. The second-order valence-corrected chi connectivity index (χ2v) is 6.27. The van der Waals surface area contributed by atoms with E-state index in [1.807, 2.05) is 26.1 Å². The minimum atomic E-state index is -0.0790. The number of aryl methyl sites for hydroxylation is 1. The maximum Gasteiger partial charge on any atom is 0.272 e. The van der Waals surface area contributed by atoms with Gasteiger partial charge in [-0.1, -0.05) is 13.3 Å². The summed E-state index contributed by atoms with van der Waals surface area (Å²) in [5, 5.41) is 0. The van der Waals surface area contributed by atoms with Crippen LogP contribution in [-0.2, 0) is 6.42 Å². The molecule has 2 aromatic rings. The quantitative estimate of drug-likeness (QED) is 0.739. The lowest BCUT2D eigenvalue weighted by Gasteiger charge is -2.20. The number of likely N-dealkylation sites (N-methyl/N-ethyl adjacent to an activating group) is 1. The molecule has 0 aliphatic rings. The molecule has 2 heterocycles. The van der Waals surface area contributed by atoms with Crippen LogP contribution in [0.2, 0.25) is 0 Å². The molecule has 0 unspecified atom stereocenters. The van der Waals surface area contributed by atoms with E-state index < -0.39 is 0 Å². The van der Waals surface area contributed by atoms with Gasteiger partial charge in [-0.2, -0.15) is 0 Å². The number of pyridine rings is 1. The number of hydrogen-bond acceptors (Lipinski definition) is 5. The highest BCUT2D eigenvalue weighted by Gasteiger charge is 2.16. The second kappa shape index (κ2) is 9.11. The summed E-state index contributed by atoms with van der Waals surface area (Å²) in [7, 11) is 3.81. The van der Waals surface area contributed by atoms with Gasteiger partial charge in [-0.25, -0.2) is 9.97 Å². The maximum atomic E-state index is 12.7. The molecule has 2 rings (SSSR count). The highest BCUT2D eigenvalue weighted by molar-refractivity contribution is 5.92. The van der Waals surface area contributed by atoms with Gasteiger partial charge >= 0.3 is 0 Å². The monoisotopic (exact) mass is 341 g/mol. The molecule has 0 atom stereocenters. The van der Waals surface area contributed by atoms with Gasteiger partial charge in [0.1, 0.15) is 17.3 Å². The third-order valence-corrected chi connectivity index (χ3v) is 4.11. The van der Waals surface area contributed by atoms with E-state index >= 15 is 0 Å². The van der Waals surface area contributed by atoms with Gasteiger partial charge in [0.2, 0.25) is 0 Å². The third-order valence-electron chi connectivity index (χ3n) is 4.11. The van der Waals surface area contributed by atoms with Gasteiger partial charge in [0.25, 0.3) is 5.91 Å². The molecule has 0 aliphatic heterocycles. The molecular weight excluding hydrogens is 314 g/mol. The Balaban J connectivity index is 2.05. The maximum absolute atomic E-state index is 12.7. The molecule has 0 radical (unpaired) electrons. The Morgan fingerprint density at radius 2 is 1.84 bits per heavy atom. The fraction of sp³-hybridized carbons (Fsp3) is 0.474. The Bertz CT molecular complexity index is 689. The summed E-state index contributed by atoms with van der Waals surface area (Å²) in [6.45, 7) is 5.53. The molecular formula is C19H27N5O. The third kappa shape index (κ3) is 5.52. The normalized spacial score (nSPS) is 10.6. The van der Waals surface area contributed by atoms with E-state index in [0.717, 1.165) is 37.2 Å². The minimum Gasteiger partial charge on any atom is -0.360 e. The molecule has 0 aliphatic carbocycles. The van der Waals surface area contributed by atoms with Gasteiger partial charge in [-0.3, -0.25) is 9.78 Å². The van der Waals surface area contributed by atoms with E-state index in [4.69, 9.17) is 0 Å². The van der Waals surface area contributed by atoms with Crippen LogP contribution < -0.4 is 4.90 Å². The Morgan fingerprint density at radius 3 is 2.52 bits per heavy atom. The molecule has 134 valence electrons. The zero-order chi connectivity index (χ0) is 18.2. The number of unbranched alkanes of at least 4 members (excludes halogenated alkanes) is 1. The van der Waals surface area contributed by atoms with Crippen LogP contribution in [0.5, 0.6) is 0 Å². The first-order valence-electron chi connectivity index (χ1n) is 8.72. The second-order valence-electron chi connectivity index (χ2n) is 6.27. The molecule has 25 heavy (non-hydrogen) atoms. The van der Waals surface area contributed by atoms with Crippen molar-refractivity contribution < 1.29 is 4.79 Å². The van der Waals surface area contributed by atoms with Crippen LogP contribution in [-0.4, -0.2) is 52.9 Å². The lowest BCUT2D eigenvalue weighted by molar-refractivity contribution is 0.0790. The predicted octanol–water partition coefficient (Wildman–Crippen LogP) is 2.73. The van der Waals surface area contributed by atoms with Gasteiger partial charge in [0.05, 0.1) is 0 Å². The van der Waals surface area contributed by atoms with E-state index in [-0.39, 0.29) is 5.91 Å². The van der Waals surface area contributed by atoms with Gasteiger partial charge in [0, 0.05) is 45.6 Å². The first-order valence-corrected chi connectivity index (χ1v) is 8.72. The summed E-state index contributed by atoms with van der Waals surface area (Å²) in [5.74, 6) is 1.34. The fourth-order valence-electron chi connectivity index (χ4n) is 2.51. The number of nitrogens with zero attached hydrogens (tertiary/aromatic N) is 5. The van der Waals surface area contributed by atoms with Crippen LogP contribution >= 0.6 is 0 Å². The van der Waals surface area contributed by atoms with Crippen LogP contribution in [0.15, 0.2) is 30.6 Å². The Hall–Kier alpha value is -2.50. The van der Waals surface area contributed by atoms with Crippen LogP contribution in [0.1, 0.15) is 41.6 Å². The summed E-state index contributed by atoms with van der Waals surface area (Å²) >= 11 is 0. The van der Waals surface area contributed by atoms with Crippen molar-refractivity contribution in [1.82, 2.24) is 19.9 Å². The average molecular weight is 341 g/mol. The van der Waals surface area contributed by atoms with Crippen molar-refractivity contribution in [3.05, 3.63) is 47.7 Å². The summed E-state index contributed by atoms with van der Waals surface area (Å²) < 4.78 is 0. The predicted molar refractivity (Wildman–Crippen MR) is 99.8 cm³/mol. The van der Waals surface area contributed by atoms with E-state index in [1.165, 1.54) is 0 Å². The van der Waals surface area contributed by atoms with Crippen molar-refractivity contribution >= 4 is 11.7 Å². The minimum absolute atomic E-state index is 0.0790. The molecule has 6 heteroatoms. The van der Waals surface area contributed by atoms with Gasteiger partial charge in [-0.05, 0) is 37.5 Å². The van der Waals surface area contributed by atoms with Gasteiger partial charge < -0.3 is 9.80 Å². The number of amides is 1. The summed E-state index contributed by atoms with van der Waals surface area (Å²) in [4.78, 5) is 29.3. The molecule has 2 aromatic heterocycles. The molecule has 0 aromatic carbocycles. The molecule has 6 nitrogen and oxygen atoms in total. The van der Waals surface area contributed by atoms with E-state index in [0.29, 0.717) is 18.1 Å². The largest absolute Gasteiger partial charge is 0.360 e. The topological polar surface area (TPSA) is 62.2 Å². The number of carbonyl (C=O) groups is 1. The molecule has 0 saturated heterocycles. The van der Waals surface area contributed by atoms with Gasteiger partial charge in [-0.15, -0.1) is 0 Å². The van der Waals surface area contributed by atoms with Crippen molar-refractivity contribution in [1.29, 1.82) is 0 Å². The highest BCUT2D eigenvalue weighted by atomic mass is 16.2. The number of carbonyl (C=O) groups excluding carboxylic acids is 1. The summed E-state index contributed by atoms with van der Waals surface area (Å²) in [6.07, 6.45) is 6.54. The number of aromatic nitrogens is 3. The first kappa shape index (κ1) is 18.8. The Kier molecular flexibility index (Phi) is 6.86. The van der Waals surface area contributed by atoms with Crippen LogP contribution in [0.4, 0.5) is 5.82 Å². The number of hydrogen-bond donors (Lipinski definition) is 0. The molecule has 1 amide bonds. The van der Waals surface area contributed by atoms with Crippen LogP contribution in [0, 0.1) is 6.92 Å². The Morgan fingerprint density at radius 1 is 1.12 bits per heavy atom. The fourth-order valence-corrected chi connectivity index (χ4v) is 2.51. The standard InChI is InChI=1S/C19H27N5O/c1-5-6-12-23(3)18-14-17(21-15(2)22-18)19(25)24(4)13-9-16-7-10-20-11-8-16/h7-8,10-11,14H,5-6,9,12-13H2,1-4H3. The van der Waals surface area contributed by atoms with E-state index in [2.05, 4.69) is 26.8 Å². The number of rotatable bonds is 8. The zero-order valence-corrected chi connectivity index (χ0v) is 15.6. The van der Waals surface area contributed by atoms with Crippen molar-refractivity contribution in [3.63, 3.8) is 0 Å². The molecule has 0 spiro atoms. The summed E-state index contributed by atoms with van der Waals surface area (Å²) in [6, 6.07) is 5.72. The lowest BCUT2D eigenvalue weighted by Crippen LogP contribution is -2.30. The highest BCUT2D eigenvalue weighted by Crippen LogP contribution is 2.13. The van der Waals surface area contributed by atoms with Crippen molar-refractivity contribution in [2.45, 2.75) is 33.1 Å². The number of anilines is 1. The molecule has 0 saturated carbocycles. The zero-order valence-electron chi connectivity index (χ0n) is 15.6. The smallest absolute Gasteiger partial charge is 0.272 e.